The molecular formula is C20H18N4O3. The van der Waals surface area contributed by atoms with Gasteiger partial charge in [0.25, 0.3) is 5.56 Å². The predicted molar refractivity (Wildman–Crippen MR) is 104 cm³/mol. The Labute approximate surface area is 155 Å². The summed E-state index contributed by atoms with van der Waals surface area (Å²) in [5, 5.41) is 12.0. The Morgan fingerprint density at radius 2 is 1.96 bits per heavy atom. The van der Waals surface area contributed by atoms with Crippen molar-refractivity contribution in [2.45, 2.75) is 0 Å². The monoisotopic (exact) mass is 362 g/mol. The molecule has 0 aliphatic carbocycles. The van der Waals surface area contributed by atoms with E-state index >= 15 is 0 Å². The van der Waals surface area contributed by atoms with Gasteiger partial charge in [0.15, 0.2) is 17.2 Å². The number of fused-ring (bicyclic) bond motifs is 1. The van der Waals surface area contributed by atoms with Gasteiger partial charge < -0.3 is 19.8 Å². The van der Waals surface area contributed by atoms with Crippen LogP contribution in [-0.4, -0.2) is 31.2 Å². The highest BCUT2D eigenvalue weighted by Crippen LogP contribution is 2.30. The highest BCUT2D eigenvalue weighted by atomic mass is 16.5. The normalized spacial score (nSPS) is 11.1. The van der Waals surface area contributed by atoms with E-state index in [-0.39, 0.29) is 11.3 Å². The van der Waals surface area contributed by atoms with E-state index in [1.165, 1.54) is 14.2 Å². The molecule has 3 rings (SSSR count). The number of nitrogens with zero attached hydrogens (tertiary/aromatic N) is 2. The van der Waals surface area contributed by atoms with Gasteiger partial charge in [-0.25, -0.2) is 4.98 Å². The van der Waals surface area contributed by atoms with E-state index in [0.29, 0.717) is 33.8 Å². The van der Waals surface area contributed by atoms with Crippen LogP contribution in [0.5, 0.6) is 11.5 Å². The Hall–Kier alpha value is -3.79. The fraction of sp³-hybridized carbons (Fsp3) is 0.150. The summed E-state index contributed by atoms with van der Waals surface area (Å²) in [6, 6.07) is 12.6. The number of rotatable bonds is 5. The molecule has 27 heavy (non-hydrogen) atoms. The molecule has 0 aliphatic heterocycles. The molecule has 7 heteroatoms. The lowest BCUT2D eigenvalue weighted by molar-refractivity contribution is 0.355. The van der Waals surface area contributed by atoms with E-state index in [9.17, 15) is 4.79 Å². The summed E-state index contributed by atoms with van der Waals surface area (Å²) in [6.45, 7) is 0. The maximum atomic E-state index is 12.6. The lowest BCUT2D eigenvalue weighted by Gasteiger charge is -2.11. The molecule has 1 aromatic heterocycles. The molecule has 1 heterocycles. The van der Waals surface area contributed by atoms with E-state index < -0.39 is 0 Å². The molecule has 0 bridgehead atoms. The molecule has 7 nitrogen and oxygen atoms in total. The van der Waals surface area contributed by atoms with Gasteiger partial charge in [0.05, 0.1) is 42.6 Å². The third kappa shape index (κ3) is 3.60. The lowest BCUT2D eigenvalue weighted by Crippen LogP contribution is -2.19. The first kappa shape index (κ1) is 18.0. The Balaban J connectivity index is 2.16. The molecular weight excluding hydrogens is 344 g/mol. The zero-order chi connectivity index (χ0) is 19.4. The molecule has 0 unspecified atom stereocenters. The molecule has 2 N–H and O–H groups in total. The van der Waals surface area contributed by atoms with Crippen molar-refractivity contribution in [3.63, 3.8) is 0 Å². The van der Waals surface area contributed by atoms with Crippen LogP contribution < -0.4 is 20.3 Å². The molecule has 0 fully saturated rings. The van der Waals surface area contributed by atoms with Crippen molar-refractivity contribution >= 4 is 22.8 Å². The highest BCUT2D eigenvalue weighted by Gasteiger charge is 2.13. The van der Waals surface area contributed by atoms with Gasteiger partial charge in [-0.05, 0) is 23.8 Å². The number of H-pyrrole nitrogens is 1. The second-order valence-electron chi connectivity index (χ2n) is 5.68. The molecule has 3 aromatic rings. The number of ether oxygens (including phenoxy) is 2. The largest absolute Gasteiger partial charge is 0.493 e. The third-order valence-corrected chi connectivity index (χ3v) is 4.05. The first-order chi connectivity index (χ1) is 13.1. The van der Waals surface area contributed by atoms with Crippen LogP contribution in [0.15, 0.2) is 41.2 Å². The van der Waals surface area contributed by atoms with Crippen LogP contribution in [0.4, 0.5) is 0 Å². The molecule has 0 radical (unpaired) electrons. The predicted octanol–water partition coefficient (Wildman–Crippen LogP) is 2.53. The Morgan fingerprint density at radius 1 is 1.22 bits per heavy atom. The molecule has 0 atom stereocenters. The molecule has 0 saturated heterocycles. The summed E-state index contributed by atoms with van der Waals surface area (Å²) in [6.07, 6.45) is 1.77. The van der Waals surface area contributed by atoms with Gasteiger partial charge in [-0.15, -0.1) is 0 Å². The molecule has 0 amide bonds. The molecule has 0 saturated carbocycles. The maximum Gasteiger partial charge on any atom is 0.276 e. The zero-order valence-corrected chi connectivity index (χ0v) is 15.2. The summed E-state index contributed by atoms with van der Waals surface area (Å²) in [5.74, 6) is 1.03. The molecule has 0 aliphatic rings. The standard InChI is InChI=1S/C20H18N4O3/c1-22-16(8-12-5-4-6-13(7-12)11-21)19-20(25)24-15-10-18(27-3)17(26-2)9-14(15)23-19/h4-10,22H,1-3H3,(H,24,25)/b16-8-. The van der Waals surface area contributed by atoms with Crippen molar-refractivity contribution in [3.05, 3.63) is 63.6 Å². The van der Waals surface area contributed by atoms with Crippen molar-refractivity contribution in [3.8, 4) is 17.6 Å². The van der Waals surface area contributed by atoms with Gasteiger partial charge in [0.1, 0.15) is 0 Å². The van der Waals surface area contributed by atoms with Gasteiger partial charge in [-0.1, -0.05) is 12.1 Å². The van der Waals surface area contributed by atoms with Crippen molar-refractivity contribution < 1.29 is 9.47 Å². The van der Waals surface area contributed by atoms with Gasteiger partial charge in [0.2, 0.25) is 0 Å². The van der Waals surface area contributed by atoms with Crippen LogP contribution in [0.3, 0.4) is 0 Å². The van der Waals surface area contributed by atoms with Crippen LogP contribution in [0.25, 0.3) is 22.8 Å². The van der Waals surface area contributed by atoms with Crippen molar-refractivity contribution in [2.75, 3.05) is 21.3 Å². The maximum absolute atomic E-state index is 12.6. The van der Waals surface area contributed by atoms with E-state index in [2.05, 4.69) is 21.4 Å². The van der Waals surface area contributed by atoms with Gasteiger partial charge >= 0.3 is 0 Å². The van der Waals surface area contributed by atoms with Crippen LogP contribution in [-0.2, 0) is 0 Å². The van der Waals surface area contributed by atoms with Gasteiger partial charge in [0, 0.05) is 19.2 Å². The smallest absolute Gasteiger partial charge is 0.276 e. The van der Waals surface area contributed by atoms with E-state index in [1.807, 2.05) is 6.07 Å². The van der Waals surface area contributed by atoms with Crippen LogP contribution >= 0.6 is 0 Å². The second-order valence-corrected chi connectivity index (χ2v) is 5.68. The lowest BCUT2D eigenvalue weighted by atomic mass is 10.1. The second kappa shape index (κ2) is 7.62. The average Bonchev–Trinajstić information content (AvgIpc) is 2.70. The van der Waals surface area contributed by atoms with Crippen molar-refractivity contribution in [2.24, 2.45) is 0 Å². The SMILES string of the molecule is CN/C(=C\c1cccc(C#N)c1)c1nc2cc(OC)c(OC)cc2[nH]c1=O. The highest BCUT2D eigenvalue weighted by molar-refractivity contribution is 5.84. The number of aromatic nitrogens is 2. The number of hydrogen-bond acceptors (Lipinski definition) is 6. The van der Waals surface area contributed by atoms with Gasteiger partial charge in [-0.2, -0.15) is 5.26 Å². The average molecular weight is 362 g/mol. The van der Waals surface area contributed by atoms with Crippen LogP contribution in [0.1, 0.15) is 16.8 Å². The summed E-state index contributed by atoms with van der Waals surface area (Å²) in [7, 11) is 4.78. The van der Waals surface area contributed by atoms with Gasteiger partial charge in [-0.3, -0.25) is 4.79 Å². The van der Waals surface area contributed by atoms with E-state index in [4.69, 9.17) is 14.7 Å². The summed E-state index contributed by atoms with van der Waals surface area (Å²) < 4.78 is 10.6. The fourth-order valence-corrected chi connectivity index (χ4v) is 2.72. The molecule has 2 aromatic carbocycles. The van der Waals surface area contributed by atoms with Crippen LogP contribution in [0, 0.1) is 11.3 Å². The minimum atomic E-state index is -0.341. The Kier molecular flexibility index (Phi) is 5.08. The van der Waals surface area contributed by atoms with Crippen molar-refractivity contribution in [1.82, 2.24) is 15.3 Å². The Bertz CT molecular complexity index is 1130. The number of methoxy groups -OCH3 is 2. The summed E-state index contributed by atoms with van der Waals surface area (Å²) in [4.78, 5) is 19.9. The summed E-state index contributed by atoms with van der Waals surface area (Å²) in [5.41, 5.74) is 2.86. The van der Waals surface area contributed by atoms with Crippen LogP contribution in [0.2, 0.25) is 0 Å². The topological polar surface area (TPSA) is 100 Å². The zero-order valence-electron chi connectivity index (χ0n) is 15.2. The minimum absolute atomic E-state index is 0.236. The first-order valence-electron chi connectivity index (χ1n) is 8.15. The molecule has 0 spiro atoms. The number of benzene rings is 2. The van der Waals surface area contributed by atoms with E-state index in [0.717, 1.165) is 5.56 Å². The minimum Gasteiger partial charge on any atom is -0.493 e. The fourth-order valence-electron chi connectivity index (χ4n) is 2.72. The number of nitriles is 1. The third-order valence-electron chi connectivity index (χ3n) is 4.05. The van der Waals surface area contributed by atoms with E-state index in [1.54, 1.807) is 43.5 Å². The number of aromatic amines is 1. The van der Waals surface area contributed by atoms with Crippen molar-refractivity contribution in [1.29, 1.82) is 5.26 Å². The Morgan fingerprint density at radius 3 is 2.63 bits per heavy atom. The quantitative estimate of drug-likeness (QED) is 0.723. The first-order valence-corrected chi connectivity index (χ1v) is 8.15. The summed E-state index contributed by atoms with van der Waals surface area (Å²) >= 11 is 0. The number of hydrogen-bond donors (Lipinski definition) is 2. The molecule has 136 valence electrons. The number of nitrogens with one attached hydrogen (secondary N) is 2.